The molecule has 11 heteroatoms. The highest BCUT2D eigenvalue weighted by atomic mass is 19.4. The summed E-state index contributed by atoms with van der Waals surface area (Å²) in [7, 11) is 0. The Bertz CT molecular complexity index is 1330. The van der Waals surface area contributed by atoms with Gasteiger partial charge < -0.3 is 10.6 Å². The fourth-order valence-electron chi connectivity index (χ4n) is 3.47. The van der Waals surface area contributed by atoms with Gasteiger partial charge in [0.25, 0.3) is 0 Å². The highest BCUT2D eigenvalue weighted by molar-refractivity contribution is 5.91. The first-order valence-electron chi connectivity index (χ1n) is 10.9. The molecule has 1 fully saturated rings. The number of nitrogens with zero attached hydrogens (tertiary/aromatic N) is 5. The summed E-state index contributed by atoms with van der Waals surface area (Å²) in [5.74, 6) is -0.152. The third-order valence-corrected chi connectivity index (χ3v) is 5.44. The number of alkyl halides is 3. The molecule has 4 aromatic rings. The Kier molecular flexibility index (Phi) is 5.89. The van der Waals surface area contributed by atoms with E-state index in [2.05, 4.69) is 30.7 Å². The Hall–Kier alpha value is -4.28. The van der Waals surface area contributed by atoms with Crippen LogP contribution >= 0.6 is 0 Å². The summed E-state index contributed by atoms with van der Waals surface area (Å²) in [4.78, 5) is 24.7. The lowest BCUT2D eigenvalue weighted by atomic mass is 10.1. The van der Waals surface area contributed by atoms with Gasteiger partial charge in [-0.25, -0.2) is 15.0 Å². The van der Waals surface area contributed by atoms with Crippen LogP contribution in [0.2, 0.25) is 0 Å². The zero-order chi connectivity index (χ0) is 24.4. The number of pyridine rings is 1. The van der Waals surface area contributed by atoms with E-state index in [0.29, 0.717) is 17.6 Å². The van der Waals surface area contributed by atoms with Crippen LogP contribution < -0.4 is 10.6 Å². The van der Waals surface area contributed by atoms with Crippen LogP contribution in [0.4, 0.5) is 30.6 Å². The van der Waals surface area contributed by atoms with Crippen molar-refractivity contribution in [3.63, 3.8) is 0 Å². The Morgan fingerprint density at radius 3 is 2.43 bits per heavy atom. The minimum atomic E-state index is -4.50. The number of rotatable bonds is 7. The first-order valence-corrected chi connectivity index (χ1v) is 10.9. The minimum Gasteiger partial charge on any atom is -0.321 e. The van der Waals surface area contributed by atoms with E-state index in [1.807, 2.05) is 23.0 Å². The number of aromatic nitrogens is 5. The molecule has 5 rings (SSSR count). The van der Waals surface area contributed by atoms with E-state index in [9.17, 15) is 18.0 Å². The standard InChI is InChI=1S/C24H20F3N7O/c25-24(26,27)18-7-8-28-21(10-18)33-22(35)9-15-1-3-16(4-2-15)17-11-29-23(30-12-17)32-19-13-31-34(14-19)20-5-6-20/h1-4,7-8,10-14,20H,5-6,9H2,(H,28,33,35)(H,29,30,32). The molecule has 0 unspecified atom stereocenters. The molecule has 0 bridgehead atoms. The fourth-order valence-corrected chi connectivity index (χ4v) is 3.47. The summed E-state index contributed by atoms with van der Waals surface area (Å²) in [6.07, 6.45) is 5.88. The molecule has 2 N–H and O–H groups in total. The number of halogens is 3. The van der Waals surface area contributed by atoms with Crippen molar-refractivity contribution in [3.8, 4) is 11.1 Å². The van der Waals surface area contributed by atoms with Crippen LogP contribution in [-0.4, -0.2) is 30.6 Å². The topological polar surface area (TPSA) is 97.6 Å². The minimum absolute atomic E-state index is 0.00783. The molecule has 1 aliphatic carbocycles. The van der Waals surface area contributed by atoms with E-state index in [4.69, 9.17) is 0 Å². The lowest BCUT2D eigenvalue weighted by Crippen LogP contribution is -2.16. The first kappa shape index (κ1) is 22.5. The third-order valence-electron chi connectivity index (χ3n) is 5.44. The van der Waals surface area contributed by atoms with Gasteiger partial charge in [0.2, 0.25) is 11.9 Å². The maximum atomic E-state index is 12.8. The molecule has 0 saturated heterocycles. The number of hydrogen-bond donors (Lipinski definition) is 2. The Labute approximate surface area is 198 Å². The molecule has 0 spiro atoms. The van der Waals surface area contributed by atoms with Crippen LogP contribution in [0, 0.1) is 0 Å². The van der Waals surface area contributed by atoms with E-state index in [1.165, 1.54) is 0 Å². The Morgan fingerprint density at radius 1 is 1.00 bits per heavy atom. The molecule has 1 amide bonds. The van der Waals surface area contributed by atoms with Gasteiger partial charge in [0.15, 0.2) is 0 Å². The molecule has 0 radical (unpaired) electrons. The highest BCUT2D eigenvalue weighted by Crippen LogP contribution is 2.34. The number of hydrogen-bond acceptors (Lipinski definition) is 6. The number of carbonyl (C=O) groups excluding carboxylic acids is 1. The van der Waals surface area contributed by atoms with Crippen LogP contribution in [0.3, 0.4) is 0 Å². The number of nitrogens with one attached hydrogen (secondary N) is 2. The predicted octanol–water partition coefficient (Wildman–Crippen LogP) is 5.01. The average Bonchev–Trinajstić information content (AvgIpc) is 3.58. The molecule has 1 saturated carbocycles. The number of carbonyl (C=O) groups is 1. The van der Waals surface area contributed by atoms with Gasteiger partial charge in [-0.1, -0.05) is 24.3 Å². The van der Waals surface area contributed by atoms with Crippen LogP contribution in [0.5, 0.6) is 0 Å². The van der Waals surface area contributed by atoms with Crippen molar-refractivity contribution in [3.05, 3.63) is 78.5 Å². The van der Waals surface area contributed by atoms with Crippen molar-refractivity contribution in [2.75, 3.05) is 10.6 Å². The quantitative estimate of drug-likeness (QED) is 0.387. The lowest BCUT2D eigenvalue weighted by molar-refractivity contribution is -0.137. The number of amides is 1. The molecule has 8 nitrogen and oxygen atoms in total. The lowest BCUT2D eigenvalue weighted by Gasteiger charge is -2.09. The largest absolute Gasteiger partial charge is 0.416 e. The second kappa shape index (κ2) is 9.16. The zero-order valence-electron chi connectivity index (χ0n) is 18.3. The summed E-state index contributed by atoms with van der Waals surface area (Å²) in [5.41, 5.74) is 2.32. The maximum absolute atomic E-state index is 12.8. The second-order valence-corrected chi connectivity index (χ2v) is 8.21. The summed E-state index contributed by atoms with van der Waals surface area (Å²) in [6.45, 7) is 0. The van der Waals surface area contributed by atoms with Gasteiger partial charge >= 0.3 is 6.18 Å². The summed E-state index contributed by atoms with van der Waals surface area (Å²) in [5, 5.41) is 9.86. The van der Waals surface area contributed by atoms with E-state index in [-0.39, 0.29) is 12.2 Å². The van der Waals surface area contributed by atoms with Gasteiger partial charge in [-0.3, -0.25) is 9.48 Å². The van der Waals surface area contributed by atoms with Crippen molar-refractivity contribution < 1.29 is 18.0 Å². The number of benzene rings is 1. The van der Waals surface area contributed by atoms with E-state index in [0.717, 1.165) is 48.0 Å². The van der Waals surface area contributed by atoms with Crippen LogP contribution in [-0.2, 0) is 17.4 Å². The summed E-state index contributed by atoms with van der Waals surface area (Å²) in [6, 6.07) is 9.36. The smallest absolute Gasteiger partial charge is 0.321 e. The summed E-state index contributed by atoms with van der Waals surface area (Å²) < 4.78 is 40.4. The van der Waals surface area contributed by atoms with Crippen LogP contribution in [0.1, 0.15) is 30.0 Å². The number of anilines is 3. The van der Waals surface area contributed by atoms with Crippen molar-refractivity contribution in [1.29, 1.82) is 0 Å². The molecular weight excluding hydrogens is 459 g/mol. The fraction of sp³-hybridized carbons (Fsp3) is 0.208. The molecule has 178 valence electrons. The van der Waals surface area contributed by atoms with Crippen molar-refractivity contribution in [1.82, 2.24) is 24.7 Å². The normalized spacial score (nSPS) is 13.5. The first-order chi connectivity index (χ1) is 16.8. The van der Waals surface area contributed by atoms with Crippen LogP contribution in [0.25, 0.3) is 11.1 Å². The molecule has 0 aliphatic heterocycles. The van der Waals surface area contributed by atoms with Crippen molar-refractivity contribution in [2.24, 2.45) is 0 Å². The molecule has 3 heterocycles. The van der Waals surface area contributed by atoms with E-state index >= 15 is 0 Å². The molecule has 1 aromatic carbocycles. The maximum Gasteiger partial charge on any atom is 0.416 e. The van der Waals surface area contributed by atoms with Gasteiger partial charge in [-0.2, -0.15) is 18.3 Å². The molecular formula is C24H20F3N7O. The molecule has 1 aliphatic rings. The van der Waals surface area contributed by atoms with Crippen molar-refractivity contribution >= 4 is 23.4 Å². The van der Waals surface area contributed by atoms with Gasteiger partial charge in [-0.05, 0) is 36.1 Å². The van der Waals surface area contributed by atoms with E-state index in [1.54, 1.807) is 30.7 Å². The second-order valence-electron chi connectivity index (χ2n) is 8.21. The van der Waals surface area contributed by atoms with E-state index < -0.39 is 17.6 Å². The highest BCUT2D eigenvalue weighted by Gasteiger charge is 2.30. The monoisotopic (exact) mass is 479 g/mol. The molecule has 0 atom stereocenters. The average molecular weight is 479 g/mol. The van der Waals surface area contributed by atoms with Crippen LogP contribution in [0.15, 0.2) is 67.4 Å². The molecule has 3 aromatic heterocycles. The van der Waals surface area contributed by atoms with Gasteiger partial charge in [-0.15, -0.1) is 0 Å². The zero-order valence-corrected chi connectivity index (χ0v) is 18.3. The Balaban J connectivity index is 1.18. The van der Waals surface area contributed by atoms with Gasteiger partial charge in [0.1, 0.15) is 5.82 Å². The molecule has 35 heavy (non-hydrogen) atoms. The van der Waals surface area contributed by atoms with Crippen molar-refractivity contribution in [2.45, 2.75) is 31.5 Å². The van der Waals surface area contributed by atoms with Gasteiger partial charge in [0, 0.05) is 30.4 Å². The Morgan fingerprint density at radius 2 is 1.74 bits per heavy atom. The predicted molar refractivity (Wildman–Crippen MR) is 123 cm³/mol. The SMILES string of the molecule is O=C(Cc1ccc(-c2cnc(Nc3cnn(C4CC4)c3)nc2)cc1)Nc1cc(C(F)(F)F)ccn1. The third kappa shape index (κ3) is 5.62. The summed E-state index contributed by atoms with van der Waals surface area (Å²) >= 11 is 0. The van der Waals surface area contributed by atoms with Gasteiger partial charge in [0.05, 0.1) is 29.9 Å².